The van der Waals surface area contributed by atoms with Gasteiger partial charge in [-0.2, -0.15) is 0 Å². The van der Waals surface area contributed by atoms with Gasteiger partial charge in [0.25, 0.3) is 0 Å². The lowest BCUT2D eigenvalue weighted by Crippen LogP contribution is -2.72. The summed E-state index contributed by atoms with van der Waals surface area (Å²) in [5.41, 5.74) is -1.15. The molecular weight excluding hydrogens is 408 g/mol. The fourth-order valence-corrected chi connectivity index (χ4v) is 5.38. The van der Waals surface area contributed by atoms with Crippen LogP contribution in [-0.4, -0.2) is 76.2 Å². The van der Waals surface area contributed by atoms with Crippen molar-refractivity contribution in [2.45, 2.75) is 108 Å². The van der Waals surface area contributed by atoms with Gasteiger partial charge in [-0.15, -0.1) is 0 Å². The minimum absolute atomic E-state index is 0.0591. The number of hydrogen-bond acceptors (Lipinski definition) is 8. The number of ketones is 1. The van der Waals surface area contributed by atoms with Crippen molar-refractivity contribution >= 4 is 14.1 Å². The number of carbonyl (C=O) groups excluding carboxylic acids is 1. The van der Waals surface area contributed by atoms with Crippen LogP contribution in [0.25, 0.3) is 0 Å². The van der Waals surface area contributed by atoms with Gasteiger partial charge in [0, 0.05) is 7.11 Å². The molecule has 0 aromatic heterocycles. The third-order valence-corrected chi connectivity index (χ3v) is 11.0. The van der Waals surface area contributed by atoms with Crippen LogP contribution in [0, 0.1) is 0 Å². The summed E-state index contributed by atoms with van der Waals surface area (Å²) < 4.78 is 42.4. The second kappa shape index (κ2) is 7.59. The number of Topliss-reactive ketones (excluding diaryl/α,β-unsaturated/α-hetero) is 1. The average Bonchev–Trinajstić information content (AvgIpc) is 3.08. The van der Waals surface area contributed by atoms with Crippen LogP contribution in [0.4, 0.5) is 0 Å². The third kappa shape index (κ3) is 4.15. The third-order valence-electron chi connectivity index (χ3n) is 6.55. The lowest BCUT2D eigenvalue weighted by atomic mass is 9.76. The highest BCUT2D eigenvalue weighted by atomic mass is 28.4. The van der Waals surface area contributed by atoms with Crippen LogP contribution >= 0.6 is 0 Å². The molecule has 30 heavy (non-hydrogen) atoms. The first kappa shape index (κ1) is 24.3. The van der Waals surface area contributed by atoms with Gasteiger partial charge < -0.3 is 32.8 Å². The van der Waals surface area contributed by atoms with Crippen molar-refractivity contribution in [3.05, 3.63) is 0 Å². The molecule has 8 nitrogen and oxygen atoms in total. The predicted octanol–water partition coefficient (Wildman–Crippen LogP) is 2.99. The Morgan fingerprint density at radius 1 is 1.10 bits per heavy atom. The van der Waals surface area contributed by atoms with Gasteiger partial charge in [-0.05, 0) is 45.8 Å². The maximum absolute atomic E-state index is 13.8. The summed E-state index contributed by atoms with van der Waals surface area (Å²) in [7, 11) is -0.781. The Morgan fingerprint density at radius 3 is 2.23 bits per heavy atom. The second-order valence-electron chi connectivity index (χ2n) is 10.9. The van der Waals surface area contributed by atoms with Gasteiger partial charge in [-0.1, -0.05) is 20.8 Å². The summed E-state index contributed by atoms with van der Waals surface area (Å²) in [6.07, 6.45) is -3.00. The quantitative estimate of drug-likeness (QED) is 0.471. The zero-order chi connectivity index (χ0) is 22.8. The first-order chi connectivity index (χ1) is 13.6. The number of rotatable bonds is 5. The second-order valence-corrected chi connectivity index (χ2v) is 15.7. The molecule has 3 rings (SSSR count). The van der Waals surface area contributed by atoms with E-state index in [4.69, 9.17) is 32.8 Å². The number of hydrogen-bond donors (Lipinski definition) is 0. The highest BCUT2D eigenvalue weighted by Crippen LogP contribution is 2.50. The van der Waals surface area contributed by atoms with E-state index in [2.05, 4.69) is 33.9 Å². The SMILES string of the molecule is COCO[C@@H]1C(=O)[C@H](O[Si](C)(C)C(C)(C)C)[C@@H]2OC(C)(C)O[C@@H]2[C@]12COC(C)(C)O2. The molecule has 2 saturated heterocycles. The Labute approximate surface area is 180 Å². The molecule has 0 aromatic rings. The molecule has 3 fully saturated rings. The monoisotopic (exact) mass is 446 g/mol. The summed E-state index contributed by atoms with van der Waals surface area (Å²) >= 11 is 0. The summed E-state index contributed by atoms with van der Waals surface area (Å²) in [4.78, 5) is 13.8. The van der Waals surface area contributed by atoms with Crippen LogP contribution in [-0.2, 0) is 37.6 Å². The first-order valence-electron chi connectivity index (χ1n) is 10.6. The molecule has 0 bridgehead atoms. The van der Waals surface area contributed by atoms with Crippen molar-refractivity contribution in [3.8, 4) is 0 Å². The van der Waals surface area contributed by atoms with E-state index >= 15 is 0 Å². The maximum atomic E-state index is 13.8. The highest BCUT2D eigenvalue weighted by Gasteiger charge is 2.71. The van der Waals surface area contributed by atoms with Gasteiger partial charge in [0.05, 0.1) is 6.61 Å². The van der Waals surface area contributed by atoms with Gasteiger partial charge in [-0.3, -0.25) is 4.79 Å². The van der Waals surface area contributed by atoms with E-state index in [0.717, 1.165) is 0 Å². The molecule has 0 radical (unpaired) electrons. The first-order valence-corrected chi connectivity index (χ1v) is 13.5. The highest BCUT2D eigenvalue weighted by molar-refractivity contribution is 6.74. The summed E-state index contributed by atoms with van der Waals surface area (Å²) in [5.74, 6) is -2.01. The normalized spacial score (nSPS) is 38.3. The summed E-state index contributed by atoms with van der Waals surface area (Å²) in [6, 6.07) is 0. The zero-order valence-corrected chi connectivity index (χ0v) is 21.0. The Kier molecular flexibility index (Phi) is 6.13. The molecule has 174 valence electrons. The van der Waals surface area contributed by atoms with Crippen LogP contribution in [0.2, 0.25) is 18.1 Å². The van der Waals surface area contributed by atoms with Gasteiger partial charge in [-0.25, -0.2) is 0 Å². The lowest BCUT2D eigenvalue weighted by molar-refractivity contribution is -0.252. The summed E-state index contributed by atoms with van der Waals surface area (Å²) in [5, 5.41) is -0.0786. The molecule has 1 saturated carbocycles. The van der Waals surface area contributed by atoms with Crippen molar-refractivity contribution in [2.75, 3.05) is 20.5 Å². The van der Waals surface area contributed by atoms with Crippen LogP contribution < -0.4 is 0 Å². The van der Waals surface area contributed by atoms with Gasteiger partial charge in [0.1, 0.15) is 25.1 Å². The largest absolute Gasteiger partial charge is 0.404 e. The lowest BCUT2D eigenvalue weighted by Gasteiger charge is -2.49. The fraction of sp³-hybridized carbons (Fsp3) is 0.952. The van der Waals surface area contributed by atoms with E-state index < -0.39 is 49.9 Å². The van der Waals surface area contributed by atoms with Crippen LogP contribution in [0.5, 0.6) is 0 Å². The van der Waals surface area contributed by atoms with Gasteiger partial charge in [0.15, 0.2) is 37.4 Å². The maximum Gasteiger partial charge on any atom is 0.195 e. The molecule has 3 aliphatic rings. The van der Waals surface area contributed by atoms with E-state index in [1.54, 1.807) is 0 Å². The molecule has 2 heterocycles. The standard InChI is InChI=1S/C21H38O8Si/c1-18(2,3)30(9,10)28-14-13(22)16(24-12-23-8)21(11-25-19(4,5)29-21)17-15(14)26-20(6,7)27-17/h14-17H,11-12H2,1-10H3/t14-,15-,16+,17-,21-/m0/s1. The Morgan fingerprint density at radius 2 is 1.73 bits per heavy atom. The molecule has 0 unspecified atom stereocenters. The predicted molar refractivity (Wildman–Crippen MR) is 111 cm³/mol. The van der Waals surface area contributed by atoms with E-state index in [1.807, 2.05) is 27.7 Å². The Hall–Kier alpha value is -0.393. The molecule has 0 amide bonds. The summed E-state index contributed by atoms with van der Waals surface area (Å²) in [6.45, 7) is 18.0. The Bertz CT molecular complexity index is 670. The van der Waals surface area contributed by atoms with Crippen LogP contribution in [0.3, 0.4) is 0 Å². The molecule has 2 aliphatic heterocycles. The topological polar surface area (TPSA) is 81.7 Å². The van der Waals surface area contributed by atoms with Gasteiger partial charge >= 0.3 is 0 Å². The van der Waals surface area contributed by atoms with Gasteiger partial charge in [0.2, 0.25) is 0 Å². The van der Waals surface area contributed by atoms with E-state index in [-0.39, 0.29) is 24.2 Å². The van der Waals surface area contributed by atoms with Crippen molar-refractivity contribution < 1.29 is 37.6 Å². The molecule has 1 aliphatic carbocycles. The molecule has 9 heteroatoms. The average molecular weight is 447 g/mol. The van der Waals surface area contributed by atoms with Crippen molar-refractivity contribution in [2.24, 2.45) is 0 Å². The number of methoxy groups -OCH3 is 1. The van der Waals surface area contributed by atoms with E-state index in [9.17, 15) is 4.79 Å². The van der Waals surface area contributed by atoms with Crippen LogP contribution in [0.15, 0.2) is 0 Å². The number of fused-ring (bicyclic) bond motifs is 2. The van der Waals surface area contributed by atoms with E-state index in [0.29, 0.717) is 0 Å². The number of carbonyl (C=O) groups is 1. The molecule has 1 spiro atoms. The van der Waals surface area contributed by atoms with Crippen molar-refractivity contribution in [1.82, 2.24) is 0 Å². The Balaban J connectivity index is 2.04. The van der Waals surface area contributed by atoms with E-state index in [1.165, 1.54) is 7.11 Å². The molecular formula is C21H38O8Si. The number of ether oxygens (including phenoxy) is 6. The minimum atomic E-state index is -2.30. The molecule has 5 atom stereocenters. The minimum Gasteiger partial charge on any atom is -0.404 e. The fourth-order valence-electron chi connectivity index (χ4n) is 4.14. The molecule has 0 N–H and O–H groups in total. The van der Waals surface area contributed by atoms with Crippen molar-refractivity contribution in [3.63, 3.8) is 0 Å². The van der Waals surface area contributed by atoms with Crippen molar-refractivity contribution in [1.29, 1.82) is 0 Å². The smallest absolute Gasteiger partial charge is 0.195 e. The zero-order valence-electron chi connectivity index (χ0n) is 20.0. The van der Waals surface area contributed by atoms with Crippen LogP contribution in [0.1, 0.15) is 48.5 Å². The molecule has 0 aromatic carbocycles.